The van der Waals surface area contributed by atoms with Crippen molar-refractivity contribution in [3.05, 3.63) is 0 Å². The van der Waals surface area contributed by atoms with Gasteiger partial charge in [0.1, 0.15) is 0 Å². The van der Waals surface area contributed by atoms with Gasteiger partial charge in [0, 0.05) is 0 Å². The van der Waals surface area contributed by atoms with Crippen molar-refractivity contribution in [1.29, 1.82) is 0 Å². The van der Waals surface area contributed by atoms with Gasteiger partial charge in [0.25, 0.3) is 0 Å². The first-order chi connectivity index (χ1) is 10.7. The van der Waals surface area contributed by atoms with Crippen LogP contribution in [0.3, 0.4) is 0 Å². The van der Waals surface area contributed by atoms with Gasteiger partial charge in [0.15, 0.2) is 0 Å². The Labute approximate surface area is 157 Å². The van der Waals surface area contributed by atoms with Crippen molar-refractivity contribution in [2.75, 3.05) is 0 Å². The minimum Gasteiger partial charge on any atom is -0.0651 e. The summed E-state index contributed by atoms with van der Waals surface area (Å²) in [5.74, 6) is 0.822. The zero-order valence-corrected chi connectivity index (χ0v) is 21.6. The summed E-state index contributed by atoms with van der Waals surface area (Å²) < 4.78 is 0. The maximum atomic E-state index is 2.57. The molecular weight excluding hydrogens is 320 g/mol. The molecule has 0 aromatic carbocycles. The molecule has 0 rings (SSSR count). The summed E-state index contributed by atoms with van der Waals surface area (Å²) in [5.41, 5.74) is 5.21. The lowest BCUT2D eigenvalue weighted by atomic mass is 10.3. The molecule has 0 bridgehead atoms. The molecule has 0 nitrogen and oxygen atoms in total. The van der Waals surface area contributed by atoms with Crippen LogP contribution in [-0.4, -0.2) is 16.1 Å². The summed E-state index contributed by atoms with van der Waals surface area (Å²) in [6.07, 6.45) is 0. The topological polar surface area (TPSA) is 0 Å². The summed E-state index contributed by atoms with van der Waals surface area (Å²) >= 11 is 0. The standard InChI is InChI=1S/C22H50Si2/c1-15(2)22(23(16(3)4,17(5)6)18(7)8)24(19(9)10,20(11)12)21(13)14/h15-22H,1-14H3. The average Bonchev–Trinajstić information content (AvgIpc) is 2.35. The van der Waals surface area contributed by atoms with Gasteiger partial charge in [0.05, 0.1) is 16.1 Å². The number of hydrogen-bond acceptors (Lipinski definition) is 0. The molecule has 0 unspecified atom stereocenters. The molecular formula is C22H50Si2. The van der Waals surface area contributed by atoms with Gasteiger partial charge in [-0.05, 0) is 11.1 Å². The fourth-order valence-corrected chi connectivity index (χ4v) is 31.8. The first-order valence-corrected chi connectivity index (χ1v) is 15.3. The van der Waals surface area contributed by atoms with Crippen molar-refractivity contribution in [2.24, 2.45) is 5.92 Å². The molecule has 0 atom stereocenters. The predicted octanol–water partition coefficient (Wildman–Crippen LogP) is 8.91. The fraction of sp³-hybridized carbons (Fsp3) is 1.00. The van der Waals surface area contributed by atoms with Crippen LogP contribution in [0.15, 0.2) is 0 Å². The Balaban J connectivity index is 6.93. The quantitative estimate of drug-likeness (QED) is 0.355. The molecule has 0 aromatic heterocycles. The highest BCUT2D eigenvalue weighted by Gasteiger charge is 2.61. The maximum Gasteiger partial charge on any atom is 0.0620 e. The first-order valence-electron chi connectivity index (χ1n) is 10.7. The molecule has 24 heavy (non-hydrogen) atoms. The summed E-state index contributed by atoms with van der Waals surface area (Å²) in [4.78, 5) is 0. The van der Waals surface area contributed by atoms with E-state index in [4.69, 9.17) is 0 Å². The molecule has 0 N–H and O–H groups in total. The monoisotopic (exact) mass is 370 g/mol. The average molecular weight is 371 g/mol. The van der Waals surface area contributed by atoms with E-state index in [0.717, 1.165) is 44.3 Å². The Hall–Kier alpha value is 0.434. The van der Waals surface area contributed by atoms with Crippen LogP contribution >= 0.6 is 0 Å². The molecule has 0 aliphatic rings. The van der Waals surface area contributed by atoms with E-state index >= 15 is 0 Å². The van der Waals surface area contributed by atoms with Crippen LogP contribution < -0.4 is 0 Å². The fourth-order valence-electron chi connectivity index (χ4n) is 7.74. The lowest BCUT2D eigenvalue weighted by Crippen LogP contribution is -2.64. The molecule has 0 saturated carbocycles. The van der Waals surface area contributed by atoms with Crippen molar-refractivity contribution in [2.45, 2.75) is 135 Å². The van der Waals surface area contributed by atoms with Crippen LogP contribution in [0.25, 0.3) is 0 Å². The normalized spacial score (nSPS) is 14.8. The molecule has 2 heteroatoms. The summed E-state index contributed by atoms with van der Waals surface area (Å²) in [7, 11) is -2.96. The molecule has 146 valence electrons. The summed E-state index contributed by atoms with van der Waals surface area (Å²) in [6, 6.07) is 0. The van der Waals surface area contributed by atoms with E-state index in [1.165, 1.54) is 0 Å². The molecule has 0 fully saturated rings. The predicted molar refractivity (Wildman–Crippen MR) is 121 cm³/mol. The molecule has 0 saturated heterocycles. The summed E-state index contributed by atoms with van der Waals surface area (Å²) in [5, 5.41) is 1.00. The van der Waals surface area contributed by atoms with Crippen LogP contribution in [0.4, 0.5) is 0 Å². The smallest absolute Gasteiger partial charge is 0.0620 e. The second-order valence-electron chi connectivity index (χ2n) is 10.6. The van der Waals surface area contributed by atoms with Gasteiger partial charge in [-0.15, -0.1) is 0 Å². The highest BCUT2D eigenvalue weighted by molar-refractivity contribution is 7.02. The number of rotatable bonds is 9. The Morgan fingerprint density at radius 1 is 0.333 bits per heavy atom. The van der Waals surface area contributed by atoms with E-state index in [9.17, 15) is 0 Å². The third-order valence-corrected chi connectivity index (χ3v) is 26.2. The van der Waals surface area contributed by atoms with E-state index < -0.39 is 16.1 Å². The number of hydrogen-bond donors (Lipinski definition) is 0. The van der Waals surface area contributed by atoms with E-state index in [2.05, 4.69) is 96.9 Å². The highest BCUT2D eigenvalue weighted by atomic mass is 28.4. The van der Waals surface area contributed by atoms with E-state index in [0.29, 0.717) is 0 Å². The first kappa shape index (κ1) is 24.4. The maximum absolute atomic E-state index is 2.57. The van der Waals surface area contributed by atoms with Crippen LogP contribution in [0.5, 0.6) is 0 Å². The van der Waals surface area contributed by atoms with Gasteiger partial charge < -0.3 is 0 Å². The lowest BCUT2D eigenvalue weighted by Gasteiger charge is -2.61. The van der Waals surface area contributed by atoms with E-state index in [-0.39, 0.29) is 0 Å². The molecule has 0 spiro atoms. The van der Waals surface area contributed by atoms with E-state index in [1.54, 1.807) is 0 Å². The van der Waals surface area contributed by atoms with Crippen LogP contribution in [0, 0.1) is 5.92 Å². The molecule has 0 amide bonds. The van der Waals surface area contributed by atoms with Crippen molar-refractivity contribution in [1.82, 2.24) is 0 Å². The van der Waals surface area contributed by atoms with Crippen LogP contribution in [-0.2, 0) is 0 Å². The van der Waals surface area contributed by atoms with Crippen molar-refractivity contribution < 1.29 is 0 Å². The largest absolute Gasteiger partial charge is 0.0651 e. The van der Waals surface area contributed by atoms with Gasteiger partial charge in [-0.25, -0.2) is 0 Å². The molecule has 0 aliphatic carbocycles. The van der Waals surface area contributed by atoms with Crippen molar-refractivity contribution in [3.8, 4) is 0 Å². The molecule has 0 aliphatic heterocycles. The highest BCUT2D eigenvalue weighted by Crippen LogP contribution is 2.62. The van der Waals surface area contributed by atoms with Crippen LogP contribution in [0.1, 0.15) is 96.9 Å². The second-order valence-corrected chi connectivity index (χ2v) is 23.4. The third-order valence-electron chi connectivity index (χ3n) is 7.74. The Bertz CT molecular complexity index is 289. The zero-order chi connectivity index (χ0) is 19.6. The van der Waals surface area contributed by atoms with Gasteiger partial charge in [0.2, 0.25) is 0 Å². The second kappa shape index (κ2) is 8.88. The van der Waals surface area contributed by atoms with Crippen molar-refractivity contribution >= 4 is 16.1 Å². The molecule has 0 heterocycles. The van der Waals surface area contributed by atoms with Gasteiger partial charge in [-0.2, -0.15) is 0 Å². The van der Waals surface area contributed by atoms with Crippen molar-refractivity contribution in [3.63, 3.8) is 0 Å². The Morgan fingerprint density at radius 3 is 0.583 bits per heavy atom. The minimum atomic E-state index is -1.48. The van der Waals surface area contributed by atoms with E-state index in [1.807, 2.05) is 0 Å². The third kappa shape index (κ3) is 3.75. The molecule has 0 aromatic rings. The Morgan fingerprint density at radius 2 is 0.500 bits per heavy atom. The lowest BCUT2D eigenvalue weighted by molar-refractivity contribution is 0.589. The van der Waals surface area contributed by atoms with Gasteiger partial charge in [-0.3, -0.25) is 0 Å². The van der Waals surface area contributed by atoms with Gasteiger partial charge in [-0.1, -0.05) is 130 Å². The minimum absolute atomic E-state index is 0.822. The van der Waals surface area contributed by atoms with Gasteiger partial charge >= 0.3 is 0 Å². The molecule has 0 radical (unpaired) electrons. The van der Waals surface area contributed by atoms with Crippen LogP contribution in [0.2, 0.25) is 38.4 Å². The zero-order valence-electron chi connectivity index (χ0n) is 19.6. The Kier molecular flexibility index (Phi) is 9.05. The summed E-state index contributed by atoms with van der Waals surface area (Å²) in [6.45, 7) is 36.0. The SMILES string of the molecule is CC(C)C([Si](C(C)C)(C(C)C)C(C)C)[Si](C(C)C)(C(C)C)C(C)C.